The molecule has 0 spiro atoms. The number of esters is 2. The van der Waals surface area contributed by atoms with E-state index in [4.69, 9.17) is 14.2 Å². The molecule has 2 aliphatic rings. The van der Waals surface area contributed by atoms with Gasteiger partial charge < -0.3 is 19.1 Å². The minimum atomic E-state index is -0.589. The van der Waals surface area contributed by atoms with Crippen LogP contribution in [0.15, 0.2) is 35.5 Å². The van der Waals surface area contributed by atoms with Crippen LogP contribution in [0.25, 0.3) is 0 Å². The number of hydrogen-bond donors (Lipinski definition) is 0. The average molecular weight is 374 g/mol. The van der Waals surface area contributed by atoms with E-state index in [2.05, 4.69) is 4.90 Å². The van der Waals surface area contributed by atoms with Crippen molar-refractivity contribution in [1.29, 1.82) is 0 Å². The van der Waals surface area contributed by atoms with Crippen molar-refractivity contribution >= 4 is 17.6 Å². The van der Waals surface area contributed by atoms with Crippen LogP contribution in [0.3, 0.4) is 0 Å². The first-order valence-corrected chi connectivity index (χ1v) is 9.21. The van der Waals surface area contributed by atoms with Gasteiger partial charge >= 0.3 is 11.9 Å². The van der Waals surface area contributed by atoms with E-state index in [0.717, 1.165) is 30.9 Å². The zero-order valence-electron chi connectivity index (χ0n) is 15.9. The maximum atomic E-state index is 12.5. The minimum absolute atomic E-state index is 0.0158. The van der Waals surface area contributed by atoms with E-state index in [-0.39, 0.29) is 24.6 Å². The number of carbonyl (C=O) groups excluding carboxylic acids is 2. The Hall–Kier alpha value is -2.38. The highest BCUT2D eigenvalue weighted by Gasteiger charge is 2.33. The number of rotatable bonds is 5. The molecule has 0 N–H and O–H groups in total. The van der Waals surface area contributed by atoms with Crippen LogP contribution in [-0.4, -0.2) is 57.5 Å². The lowest BCUT2D eigenvalue weighted by Crippen LogP contribution is -2.39. The third-order valence-corrected chi connectivity index (χ3v) is 4.96. The SMILES string of the molecule is COC(=O)C1=C(C(=O)OC)N(c2ccccc2CN2CCCCC2)COC1. The standard InChI is InChI=1S/C20H26N2O5/c1-25-19(23)16-13-27-14-22(18(16)20(24)26-2)17-9-5-4-8-15(17)12-21-10-6-3-7-11-21/h4-5,8-9H,3,6-7,10-14H2,1-2H3. The lowest BCUT2D eigenvalue weighted by atomic mass is 10.1. The van der Waals surface area contributed by atoms with Crippen LogP contribution in [0, 0.1) is 0 Å². The molecule has 0 amide bonds. The minimum Gasteiger partial charge on any atom is -0.466 e. The first kappa shape index (κ1) is 19.4. The van der Waals surface area contributed by atoms with Gasteiger partial charge in [0.1, 0.15) is 12.4 Å². The maximum absolute atomic E-state index is 12.5. The van der Waals surface area contributed by atoms with E-state index in [1.54, 1.807) is 4.90 Å². The second-order valence-electron chi connectivity index (χ2n) is 6.68. The normalized spacial score (nSPS) is 18.4. The number of hydrogen-bond acceptors (Lipinski definition) is 7. The van der Waals surface area contributed by atoms with E-state index in [9.17, 15) is 9.59 Å². The highest BCUT2D eigenvalue weighted by molar-refractivity contribution is 6.03. The summed E-state index contributed by atoms with van der Waals surface area (Å²) in [5.41, 5.74) is 2.27. The van der Waals surface area contributed by atoms with Crippen molar-refractivity contribution in [3.8, 4) is 0 Å². The average Bonchev–Trinajstić information content (AvgIpc) is 2.73. The Balaban J connectivity index is 1.98. The summed E-state index contributed by atoms with van der Waals surface area (Å²) in [6, 6.07) is 7.88. The van der Waals surface area contributed by atoms with Crippen LogP contribution >= 0.6 is 0 Å². The monoisotopic (exact) mass is 374 g/mol. The van der Waals surface area contributed by atoms with Crippen LogP contribution in [-0.2, 0) is 30.3 Å². The smallest absolute Gasteiger partial charge is 0.355 e. The molecule has 1 aromatic carbocycles. The molecule has 0 bridgehead atoms. The molecule has 0 unspecified atom stereocenters. The maximum Gasteiger partial charge on any atom is 0.355 e. The summed E-state index contributed by atoms with van der Waals surface area (Å²) < 4.78 is 15.4. The van der Waals surface area contributed by atoms with Gasteiger partial charge in [0.15, 0.2) is 0 Å². The Kier molecular flexibility index (Phi) is 6.47. The zero-order chi connectivity index (χ0) is 19.2. The molecule has 0 saturated carbocycles. The van der Waals surface area contributed by atoms with Gasteiger partial charge in [-0.3, -0.25) is 4.90 Å². The number of para-hydroxylation sites is 1. The van der Waals surface area contributed by atoms with Gasteiger partial charge in [0.25, 0.3) is 0 Å². The van der Waals surface area contributed by atoms with Crippen LogP contribution < -0.4 is 4.90 Å². The lowest BCUT2D eigenvalue weighted by Gasteiger charge is -2.34. The van der Waals surface area contributed by atoms with Gasteiger partial charge in [-0.15, -0.1) is 0 Å². The first-order chi connectivity index (χ1) is 13.2. The van der Waals surface area contributed by atoms with Gasteiger partial charge in [0.2, 0.25) is 0 Å². The molecule has 2 aliphatic heterocycles. The van der Waals surface area contributed by atoms with E-state index < -0.39 is 11.9 Å². The molecule has 1 aromatic rings. The Morgan fingerprint density at radius 1 is 1.04 bits per heavy atom. The van der Waals surface area contributed by atoms with Crippen molar-refractivity contribution in [2.75, 3.05) is 45.5 Å². The fourth-order valence-corrected chi connectivity index (χ4v) is 3.60. The molecule has 2 heterocycles. The van der Waals surface area contributed by atoms with Crippen LogP contribution in [0.5, 0.6) is 0 Å². The molecule has 3 rings (SSSR count). The predicted octanol–water partition coefficient (Wildman–Crippen LogP) is 2.07. The summed E-state index contributed by atoms with van der Waals surface area (Å²) >= 11 is 0. The van der Waals surface area contributed by atoms with Crippen LogP contribution in [0.1, 0.15) is 24.8 Å². The van der Waals surface area contributed by atoms with Gasteiger partial charge in [0, 0.05) is 12.2 Å². The van der Waals surface area contributed by atoms with E-state index >= 15 is 0 Å². The number of anilines is 1. The van der Waals surface area contributed by atoms with Gasteiger partial charge in [-0.1, -0.05) is 24.6 Å². The van der Waals surface area contributed by atoms with Crippen LogP contribution in [0.4, 0.5) is 5.69 Å². The molecule has 7 nitrogen and oxygen atoms in total. The van der Waals surface area contributed by atoms with Crippen molar-refractivity contribution in [1.82, 2.24) is 4.90 Å². The van der Waals surface area contributed by atoms with Gasteiger partial charge in [0.05, 0.1) is 26.4 Å². The summed E-state index contributed by atoms with van der Waals surface area (Å²) in [5, 5.41) is 0. The fourth-order valence-electron chi connectivity index (χ4n) is 3.60. The molecule has 0 radical (unpaired) electrons. The van der Waals surface area contributed by atoms with Crippen molar-refractivity contribution in [3.63, 3.8) is 0 Å². The second-order valence-corrected chi connectivity index (χ2v) is 6.68. The number of ether oxygens (including phenoxy) is 3. The van der Waals surface area contributed by atoms with E-state index in [1.807, 2.05) is 24.3 Å². The number of carbonyl (C=O) groups is 2. The number of benzene rings is 1. The third kappa shape index (κ3) is 4.31. The molecule has 146 valence electrons. The fraction of sp³-hybridized carbons (Fsp3) is 0.500. The van der Waals surface area contributed by atoms with Crippen molar-refractivity contribution in [2.24, 2.45) is 0 Å². The number of nitrogens with zero attached hydrogens (tertiary/aromatic N) is 2. The molecule has 1 saturated heterocycles. The van der Waals surface area contributed by atoms with Gasteiger partial charge in [-0.25, -0.2) is 9.59 Å². The Bertz CT molecular complexity index is 725. The molecule has 7 heteroatoms. The number of piperidine rings is 1. The largest absolute Gasteiger partial charge is 0.466 e. The molecular formula is C20H26N2O5. The Morgan fingerprint density at radius 2 is 1.74 bits per heavy atom. The molecule has 1 fully saturated rings. The number of methoxy groups -OCH3 is 2. The van der Waals surface area contributed by atoms with Gasteiger partial charge in [-0.05, 0) is 37.6 Å². The molecular weight excluding hydrogens is 348 g/mol. The topological polar surface area (TPSA) is 68.3 Å². The lowest BCUT2D eigenvalue weighted by molar-refractivity contribution is -0.140. The predicted molar refractivity (Wildman–Crippen MR) is 99.9 cm³/mol. The summed E-state index contributed by atoms with van der Waals surface area (Å²) in [5.74, 6) is -1.17. The summed E-state index contributed by atoms with van der Waals surface area (Å²) in [4.78, 5) is 28.8. The van der Waals surface area contributed by atoms with Gasteiger partial charge in [-0.2, -0.15) is 0 Å². The van der Waals surface area contributed by atoms with Crippen LogP contribution in [0.2, 0.25) is 0 Å². The second kappa shape index (κ2) is 9.01. The third-order valence-electron chi connectivity index (χ3n) is 4.96. The van der Waals surface area contributed by atoms with Crippen molar-refractivity contribution < 1.29 is 23.8 Å². The Morgan fingerprint density at radius 3 is 2.44 bits per heavy atom. The molecule has 27 heavy (non-hydrogen) atoms. The molecule has 0 atom stereocenters. The highest BCUT2D eigenvalue weighted by atomic mass is 16.5. The van der Waals surface area contributed by atoms with E-state index in [1.165, 1.54) is 33.5 Å². The summed E-state index contributed by atoms with van der Waals surface area (Å²) in [6.07, 6.45) is 3.68. The Labute approximate surface area is 159 Å². The summed E-state index contributed by atoms with van der Waals surface area (Å²) in [7, 11) is 2.59. The first-order valence-electron chi connectivity index (χ1n) is 9.21. The zero-order valence-corrected chi connectivity index (χ0v) is 15.9. The highest BCUT2D eigenvalue weighted by Crippen LogP contribution is 2.30. The molecule has 0 aromatic heterocycles. The van der Waals surface area contributed by atoms with Crippen molar-refractivity contribution in [3.05, 3.63) is 41.1 Å². The van der Waals surface area contributed by atoms with E-state index in [0.29, 0.717) is 0 Å². The summed E-state index contributed by atoms with van der Waals surface area (Å²) in [6.45, 7) is 3.11. The number of likely N-dealkylation sites (tertiary alicyclic amines) is 1. The van der Waals surface area contributed by atoms with Crippen molar-refractivity contribution in [2.45, 2.75) is 25.8 Å². The molecule has 0 aliphatic carbocycles. The quantitative estimate of drug-likeness (QED) is 0.731.